The van der Waals surface area contributed by atoms with E-state index in [1.54, 1.807) is 0 Å². The van der Waals surface area contributed by atoms with Crippen LogP contribution in [-0.2, 0) is 17.8 Å². The first kappa shape index (κ1) is 24.6. The molecule has 1 aromatic heterocycles. The van der Waals surface area contributed by atoms with Crippen LogP contribution in [-0.4, -0.2) is 62.9 Å². The number of carboxylic acid groups (broad SMARTS) is 1. The second-order valence-electron chi connectivity index (χ2n) is 9.08. The van der Waals surface area contributed by atoms with Gasteiger partial charge < -0.3 is 19.9 Å². The van der Waals surface area contributed by atoms with Crippen LogP contribution >= 0.6 is 0 Å². The summed E-state index contributed by atoms with van der Waals surface area (Å²) in [5.74, 6) is -2.87. The Morgan fingerprint density at radius 3 is 2.59 bits per heavy atom. The molecule has 6 nitrogen and oxygen atoms in total. The number of benzene rings is 1. The lowest BCUT2D eigenvalue weighted by atomic mass is 9.95. The van der Waals surface area contributed by atoms with Gasteiger partial charge in [-0.05, 0) is 57.3 Å². The summed E-state index contributed by atoms with van der Waals surface area (Å²) in [5, 5.41) is 11.0. The van der Waals surface area contributed by atoms with Gasteiger partial charge in [-0.1, -0.05) is 0 Å². The maximum Gasteiger partial charge on any atom is 0.490 e. The molecule has 0 bridgehead atoms. The zero-order chi connectivity index (χ0) is 24.5. The van der Waals surface area contributed by atoms with Crippen molar-refractivity contribution in [3.63, 3.8) is 0 Å². The van der Waals surface area contributed by atoms with E-state index in [1.807, 2.05) is 6.20 Å². The number of aromatic nitrogens is 2. The molecule has 5 rings (SSSR count). The minimum Gasteiger partial charge on any atom is -0.475 e. The molecule has 34 heavy (non-hydrogen) atoms. The summed E-state index contributed by atoms with van der Waals surface area (Å²) in [6.45, 7) is 3.37. The number of aryl methyl sites for hydroxylation is 1. The molecule has 11 heteroatoms. The van der Waals surface area contributed by atoms with Crippen LogP contribution in [0.3, 0.4) is 0 Å². The van der Waals surface area contributed by atoms with Gasteiger partial charge in [-0.2, -0.15) is 13.2 Å². The molecule has 0 saturated carbocycles. The standard InChI is InChI=1S/C21H26F2N4.C2HF3O2/c22-14-3-5-18(19(23)10-14)20-13-27-12-16(4-6-21(27)25-20)24-15-7-9-26-8-1-2-17(26)11-15;3-2(4,5)1(6)7/h3,5,10,13,15-17,24H,1-2,4,6-9,11-12H2;(H,6,7). The lowest BCUT2D eigenvalue weighted by Gasteiger charge is -2.38. The monoisotopic (exact) mass is 486 g/mol. The van der Waals surface area contributed by atoms with E-state index in [0.29, 0.717) is 23.3 Å². The summed E-state index contributed by atoms with van der Waals surface area (Å²) in [4.78, 5) is 16.1. The molecule has 2 N–H and O–H groups in total. The fourth-order valence-corrected chi connectivity index (χ4v) is 5.12. The molecule has 3 unspecified atom stereocenters. The van der Waals surface area contributed by atoms with Crippen LogP contribution in [0.15, 0.2) is 24.4 Å². The van der Waals surface area contributed by atoms with Crippen LogP contribution in [0.4, 0.5) is 22.0 Å². The van der Waals surface area contributed by atoms with Crippen LogP contribution in [0.2, 0.25) is 0 Å². The number of hydrogen-bond donors (Lipinski definition) is 2. The summed E-state index contributed by atoms with van der Waals surface area (Å²) >= 11 is 0. The zero-order valence-corrected chi connectivity index (χ0v) is 18.5. The van der Waals surface area contributed by atoms with Crippen molar-refractivity contribution in [3.05, 3.63) is 41.9 Å². The molecular weight excluding hydrogens is 459 g/mol. The van der Waals surface area contributed by atoms with Gasteiger partial charge in [0.15, 0.2) is 0 Å². The summed E-state index contributed by atoms with van der Waals surface area (Å²) < 4.78 is 61.1. The third kappa shape index (κ3) is 5.75. The lowest BCUT2D eigenvalue weighted by Crippen LogP contribution is -2.50. The number of nitrogens with one attached hydrogen (secondary N) is 1. The van der Waals surface area contributed by atoms with E-state index >= 15 is 0 Å². The number of carbonyl (C=O) groups is 1. The van der Waals surface area contributed by atoms with Crippen molar-refractivity contribution in [2.45, 2.75) is 69.4 Å². The van der Waals surface area contributed by atoms with E-state index in [0.717, 1.165) is 37.3 Å². The Kier molecular flexibility index (Phi) is 7.22. The molecule has 3 aliphatic rings. The summed E-state index contributed by atoms with van der Waals surface area (Å²) in [6, 6.07) is 5.51. The third-order valence-corrected chi connectivity index (χ3v) is 6.73. The van der Waals surface area contributed by atoms with E-state index in [1.165, 1.54) is 50.9 Å². The van der Waals surface area contributed by atoms with Gasteiger partial charge >= 0.3 is 12.1 Å². The van der Waals surface area contributed by atoms with E-state index in [2.05, 4.69) is 19.8 Å². The fourth-order valence-electron chi connectivity index (χ4n) is 5.12. The van der Waals surface area contributed by atoms with Gasteiger partial charge in [0, 0.05) is 48.9 Å². The Labute approximate surface area is 193 Å². The molecule has 2 saturated heterocycles. The number of fused-ring (bicyclic) bond motifs is 2. The van der Waals surface area contributed by atoms with Gasteiger partial charge in [0.25, 0.3) is 0 Å². The second kappa shape index (κ2) is 9.99. The average Bonchev–Trinajstić information content (AvgIpc) is 3.39. The van der Waals surface area contributed by atoms with Gasteiger partial charge in [-0.15, -0.1) is 0 Å². The van der Waals surface area contributed by atoms with Crippen molar-refractivity contribution in [2.24, 2.45) is 0 Å². The van der Waals surface area contributed by atoms with Gasteiger partial charge in [0.1, 0.15) is 17.5 Å². The Morgan fingerprint density at radius 2 is 1.88 bits per heavy atom. The number of rotatable bonds is 3. The predicted octanol–water partition coefficient (Wildman–Crippen LogP) is 3.99. The number of halogens is 5. The number of carboxylic acids is 1. The smallest absolute Gasteiger partial charge is 0.475 e. The average molecular weight is 486 g/mol. The van der Waals surface area contributed by atoms with Crippen LogP contribution < -0.4 is 5.32 Å². The van der Waals surface area contributed by atoms with Crippen molar-refractivity contribution in [3.8, 4) is 11.3 Å². The highest BCUT2D eigenvalue weighted by atomic mass is 19.4. The van der Waals surface area contributed by atoms with Crippen LogP contribution in [0.1, 0.15) is 37.9 Å². The molecule has 0 amide bonds. The molecule has 4 heterocycles. The fraction of sp³-hybridized carbons (Fsp3) is 0.565. The first-order valence-electron chi connectivity index (χ1n) is 11.4. The molecule has 2 aromatic rings. The first-order chi connectivity index (χ1) is 16.1. The third-order valence-electron chi connectivity index (χ3n) is 6.73. The van der Waals surface area contributed by atoms with E-state index in [4.69, 9.17) is 9.90 Å². The number of nitrogens with zero attached hydrogens (tertiary/aromatic N) is 3. The van der Waals surface area contributed by atoms with Crippen LogP contribution in [0.25, 0.3) is 11.3 Å². The molecule has 3 aliphatic heterocycles. The van der Waals surface area contributed by atoms with Crippen molar-refractivity contribution >= 4 is 5.97 Å². The van der Waals surface area contributed by atoms with Gasteiger partial charge in [0.05, 0.1) is 5.69 Å². The van der Waals surface area contributed by atoms with Gasteiger partial charge in [-0.3, -0.25) is 0 Å². The molecule has 0 aliphatic carbocycles. The first-order valence-corrected chi connectivity index (χ1v) is 11.4. The topological polar surface area (TPSA) is 70.4 Å². The molecule has 186 valence electrons. The number of aliphatic carboxylic acids is 1. The lowest BCUT2D eigenvalue weighted by molar-refractivity contribution is -0.192. The minimum atomic E-state index is -5.08. The van der Waals surface area contributed by atoms with E-state index < -0.39 is 23.8 Å². The van der Waals surface area contributed by atoms with E-state index in [-0.39, 0.29) is 0 Å². The van der Waals surface area contributed by atoms with E-state index in [9.17, 15) is 22.0 Å². The number of alkyl halides is 3. The van der Waals surface area contributed by atoms with Crippen molar-refractivity contribution in [1.29, 1.82) is 0 Å². The molecular formula is C23H27F5N4O2. The normalized spacial score (nSPS) is 24.7. The number of piperidine rings is 1. The Bertz CT molecular complexity index is 1030. The molecule has 0 radical (unpaired) electrons. The Balaban J connectivity index is 0.000000344. The summed E-state index contributed by atoms with van der Waals surface area (Å²) in [5.41, 5.74) is 0.971. The Hall–Kier alpha value is -2.53. The zero-order valence-electron chi connectivity index (χ0n) is 18.5. The van der Waals surface area contributed by atoms with Crippen molar-refractivity contribution < 1.29 is 31.9 Å². The highest BCUT2D eigenvalue weighted by Crippen LogP contribution is 2.29. The highest BCUT2D eigenvalue weighted by Gasteiger charge is 2.38. The Morgan fingerprint density at radius 1 is 1.12 bits per heavy atom. The molecule has 0 spiro atoms. The highest BCUT2D eigenvalue weighted by molar-refractivity contribution is 5.73. The predicted molar refractivity (Wildman–Crippen MR) is 114 cm³/mol. The van der Waals surface area contributed by atoms with Crippen molar-refractivity contribution in [1.82, 2.24) is 19.8 Å². The number of hydrogen-bond acceptors (Lipinski definition) is 4. The summed E-state index contributed by atoms with van der Waals surface area (Å²) in [6.07, 6.45) is 3.98. The quantitative estimate of drug-likeness (QED) is 0.643. The maximum atomic E-state index is 14.1. The maximum absolute atomic E-state index is 14.1. The molecule has 1 aromatic carbocycles. The van der Waals surface area contributed by atoms with Gasteiger partial charge in [0.2, 0.25) is 0 Å². The number of imidazole rings is 1. The second-order valence-corrected chi connectivity index (χ2v) is 9.08. The largest absolute Gasteiger partial charge is 0.490 e. The molecule has 2 fully saturated rings. The van der Waals surface area contributed by atoms with Crippen LogP contribution in [0, 0.1) is 11.6 Å². The molecule has 3 atom stereocenters. The minimum absolute atomic E-state index is 0.372. The van der Waals surface area contributed by atoms with Crippen molar-refractivity contribution in [2.75, 3.05) is 13.1 Å². The van der Waals surface area contributed by atoms with Crippen LogP contribution in [0.5, 0.6) is 0 Å². The summed E-state index contributed by atoms with van der Waals surface area (Å²) in [7, 11) is 0. The van der Waals surface area contributed by atoms with Gasteiger partial charge in [-0.25, -0.2) is 18.6 Å². The SMILES string of the molecule is Fc1ccc(-c2cn3c(n2)CCC(NC2CCN4CCCC4C2)C3)c(F)c1.O=C(O)C(F)(F)F.